The molecule has 1 fully saturated rings. The predicted octanol–water partition coefficient (Wildman–Crippen LogP) is 4.10. The van der Waals surface area contributed by atoms with Gasteiger partial charge in [0.2, 0.25) is 0 Å². The zero-order valence-electron chi connectivity index (χ0n) is 13.1. The molecular formula is C17H16BrClN4O. The molecule has 3 heterocycles. The molecule has 1 N–H and O–H groups in total. The summed E-state index contributed by atoms with van der Waals surface area (Å²) in [5, 5.41) is 3.97. The summed E-state index contributed by atoms with van der Waals surface area (Å²) < 4.78 is 6.93. The maximum absolute atomic E-state index is 6.39. The van der Waals surface area contributed by atoms with Crippen LogP contribution in [0.15, 0.2) is 39.4 Å². The molecule has 1 aromatic carbocycles. The minimum Gasteiger partial charge on any atom is -0.423 e. The molecule has 1 aliphatic heterocycles. The highest BCUT2D eigenvalue weighted by atomic mass is 79.9. The van der Waals surface area contributed by atoms with Crippen molar-refractivity contribution in [1.29, 1.82) is 0 Å². The third kappa shape index (κ3) is 2.68. The molecule has 3 aromatic rings. The fraction of sp³-hybridized carbons (Fsp3) is 0.294. The van der Waals surface area contributed by atoms with Crippen LogP contribution in [0.2, 0.25) is 5.02 Å². The van der Waals surface area contributed by atoms with Crippen LogP contribution in [0.4, 0.5) is 6.01 Å². The van der Waals surface area contributed by atoms with Gasteiger partial charge in [-0.2, -0.15) is 4.98 Å². The van der Waals surface area contributed by atoms with E-state index in [-0.39, 0.29) is 0 Å². The van der Waals surface area contributed by atoms with Crippen molar-refractivity contribution in [1.82, 2.24) is 15.3 Å². The molecule has 0 saturated carbocycles. The van der Waals surface area contributed by atoms with Crippen LogP contribution < -0.4 is 10.2 Å². The van der Waals surface area contributed by atoms with Crippen molar-refractivity contribution in [2.24, 2.45) is 0 Å². The van der Waals surface area contributed by atoms with Crippen molar-refractivity contribution in [3.8, 4) is 11.3 Å². The van der Waals surface area contributed by atoms with Crippen LogP contribution in [0.5, 0.6) is 0 Å². The van der Waals surface area contributed by atoms with Crippen molar-refractivity contribution >= 4 is 44.6 Å². The second-order valence-corrected chi connectivity index (χ2v) is 7.05. The summed E-state index contributed by atoms with van der Waals surface area (Å²) in [6.45, 7) is 4.85. The molecule has 0 aliphatic carbocycles. The Balaban J connectivity index is 1.90. The Morgan fingerprint density at radius 2 is 2.29 bits per heavy atom. The number of hydrogen-bond acceptors (Lipinski definition) is 5. The van der Waals surface area contributed by atoms with Crippen LogP contribution in [0.1, 0.15) is 6.92 Å². The molecule has 1 aliphatic rings. The number of piperazine rings is 1. The number of nitrogens with zero attached hydrogens (tertiary/aromatic N) is 3. The zero-order chi connectivity index (χ0) is 16.7. The van der Waals surface area contributed by atoms with Crippen molar-refractivity contribution in [2.45, 2.75) is 13.0 Å². The Morgan fingerprint density at radius 1 is 1.42 bits per heavy atom. The summed E-state index contributed by atoms with van der Waals surface area (Å²) in [4.78, 5) is 11.3. The van der Waals surface area contributed by atoms with Crippen molar-refractivity contribution in [2.75, 3.05) is 24.5 Å². The fourth-order valence-corrected chi connectivity index (χ4v) is 3.68. The first-order valence-electron chi connectivity index (χ1n) is 7.82. The van der Waals surface area contributed by atoms with Gasteiger partial charge in [0.25, 0.3) is 6.01 Å². The van der Waals surface area contributed by atoms with Gasteiger partial charge in [0.1, 0.15) is 5.52 Å². The van der Waals surface area contributed by atoms with Crippen LogP contribution in [0, 0.1) is 0 Å². The molecule has 0 amide bonds. The normalized spacial score (nSPS) is 18.3. The second-order valence-electron chi connectivity index (χ2n) is 5.85. The van der Waals surface area contributed by atoms with Gasteiger partial charge in [-0.3, -0.25) is 4.98 Å². The first kappa shape index (κ1) is 15.9. The van der Waals surface area contributed by atoms with Gasteiger partial charge in [-0.25, -0.2) is 0 Å². The summed E-state index contributed by atoms with van der Waals surface area (Å²) in [6, 6.07) is 8.54. The lowest BCUT2D eigenvalue weighted by Gasteiger charge is -2.32. The minimum atomic E-state index is 0.323. The van der Waals surface area contributed by atoms with E-state index >= 15 is 0 Å². The smallest absolute Gasteiger partial charge is 0.298 e. The number of fused-ring (bicyclic) bond motifs is 1. The van der Waals surface area contributed by atoms with Gasteiger partial charge in [-0.15, -0.1) is 0 Å². The van der Waals surface area contributed by atoms with Gasteiger partial charge in [-0.05, 0) is 41.1 Å². The first-order valence-corrected chi connectivity index (χ1v) is 8.99. The standard InChI is InChI=1S/C17H16BrClN4O/c1-10-9-20-6-7-23(10)17-22-13-8-11(19)15(18)14(16(13)24-17)12-4-2-3-5-21-12/h2-5,8,10,20H,6-7,9H2,1H3. The van der Waals surface area contributed by atoms with E-state index in [1.54, 1.807) is 6.20 Å². The van der Waals surface area contributed by atoms with Gasteiger partial charge < -0.3 is 14.6 Å². The van der Waals surface area contributed by atoms with Gasteiger partial charge in [0.05, 0.1) is 16.3 Å². The summed E-state index contributed by atoms with van der Waals surface area (Å²) >= 11 is 9.96. The van der Waals surface area contributed by atoms with E-state index in [1.807, 2.05) is 24.3 Å². The predicted molar refractivity (Wildman–Crippen MR) is 99.6 cm³/mol. The van der Waals surface area contributed by atoms with E-state index in [4.69, 9.17) is 16.0 Å². The van der Waals surface area contributed by atoms with E-state index in [0.29, 0.717) is 22.7 Å². The topological polar surface area (TPSA) is 54.2 Å². The maximum Gasteiger partial charge on any atom is 0.298 e. The number of aromatic nitrogens is 2. The number of nitrogens with one attached hydrogen (secondary N) is 1. The van der Waals surface area contributed by atoms with E-state index in [9.17, 15) is 0 Å². The number of oxazole rings is 1. The van der Waals surface area contributed by atoms with E-state index in [0.717, 1.165) is 40.9 Å². The van der Waals surface area contributed by atoms with Crippen molar-refractivity contribution < 1.29 is 4.42 Å². The molecule has 1 saturated heterocycles. The summed E-state index contributed by atoms with van der Waals surface area (Å²) in [7, 11) is 0. The number of halogens is 2. The second kappa shape index (κ2) is 6.35. The Labute approximate surface area is 153 Å². The molecule has 1 atom stereocenters. The monoisotopic (exact) mass is 406 g/mol. The van der Waals surface area contributed by atoms with Crippen LogP contribution in [-0.4, -0.2) is 35.6 Å². The molecule has 0 radical (unpaired) electrons. The summed E-state index contributed by atoms with van der Waals surface area (Å²) in [5.74, 6) is 0. The van der Waals surface area contributed by atoms with Crippen LogP contribution in [0.3, 0.4) is 0 Å². The molecular weight excluding hydrogens is 392 g/mol. The van der Waals surface area contributed by atoms with E-state index in [2.05, 4.69) is 43.0 Å². The molecule has 124 valence electrons. The molecule has 24 heavy (non-hydrogen) atoms. The Bertz CT molecular complexity index is 883. The van der Waals surface area contributed by atoms with Crippen molar-refractivity contribution in [3.63, 3.8) is 0 Å². The quantitative estimate of drug-likeness (QED) is 0.693. The van der Waals surface area contributed by atoms with Crippen LogP contribution in [0.25, 0.3) is 22.4 Å². The van der Waals surface area contributed by atoms with Gasteiger partial charge >= 0.3 is 0 Å². The number of rotatable bonds is 2. The Kier molecular flexibility index (Phi) is 4.20. The lowest BCUT2D eigenvalue weighted by molar-refractivity contribution is 0.456. The van der Waals surface area contributed by atoms with Gasteiger partial charge in [-0.1, -0.05) is 17.7 Å². The lowest BCUT2D eigenvalue weighted by Crippen LogP contribution is -2.50. The number of anilines is 1. The van der Waals surface area contributed by atoms with E-state index in [1.165, 1.54) is 0 Å². The van der Waals surface area contributed by atoms with Crippen LogP contribution >= 0.6 is 27.5 Å². The first-order chi connectivity index (χ1) is 11.6. The van der Waals surface area contributed by atoms with Crippen LogP contribution in [-0.2, 0) is 0 Å². The minimum absolute atomic E-state index is 0.323. The highest BCUT2D eigenvalue weighted by molar-refractivity contribution is 9.10. The largest absolute Gasteiger partial charge is 0.423 e. The molecule has 1 unspecified atom stereocenters. The molecule has 2 aromatic heterocycles. The molecule has 5 nitrogen and oxygen atoms in total. The third-order valence-electron chi connectivity index (χ3n) is 4.23. The summed E-state index contributed by atoms with van der Waals surface area (Å²) in [6.07, 6.45) is 1.75. The average molecular weight is 408 g/mol. The van der Waals surface area contributed by atoms with E-state index < -0.39 is 0 Å². The number of hydrogen-bond donors (Lipinski definition) is 1. The highest BCUT2D eigenvalue weighted by Crippen LogP contribution is 2.41. The third-order valence-corrected chi connectivity index (χ3v) is 5.58. The SMILES string of the molecule is CC1CNCCN1c1nc2cc(Cl)c(Br)c(-c3ccccn3)c2o1. The molecule has 4 rings (SSSR count). The molecule has 0 bridgehead atoms. The Hall–Kier alpha value is -1.63. The fourth-order valence-electron chi connectivity index (χ4n) is 2.99. The molecule has 7 heteroatoms. The highest BCUT2D eigenvalue weighted by Gasteiger charge is 2.25. The molecule has 0 spiro atoms. The van der Waals surface area contributed by atoms with Gasteiger partial charge in [0, 0.05) is 36.3 Å². The zero-order valence-corrected chi connectivity index (χ0v) is 15.4. The summed E-state index contributed by atoms with van der Waals surface area (Å²) in [5.41, 5.74) is 3.07. The maximum atomic E-state index is 6.39. The lowest BCUT2D eigenvalue weighted by atomic mass is 10.1. The Morgan fingerprint density at radius 3 is 3.04 bits per heavy atom. The average Bonchev–Trinajstić information content (AvgIpc) is 3.00. The number of benzene rings is 1. The van der Waals surface area contributed by atoms with Crippen molar-refractivity contribution in [3.05, 3.63) is 40.0 Å². The number of pyridine rings is 1. The van der Waals surface area contributed by atoms with Gasteiger partial charge in [0.15, 0.2) is 5.58 Å².